The van der Waals surface area contributed by atoms with Gasteiger partial charge in [-0.3, -0.25) is 0 Å². The minimum atomic E-state index is -0.420. The van der Waals surface area contributed by atoms with Crippen LogP contribution in [-0.2, 0) is 14.3 Å². The van der Waals surface area contributed by atoms with Crippen LogP contribution in [0.2, 0.25) is 5.02 Å². The molecule has 0 heterocycles. The van der Waals surface area contributed by atoms with Crippen LogP contribution in [0.15, 0.2) is 49.3 Å². The summed E-state index contributed by atoms with van der Waals surface area (Å²) in [5.74, 6) is -0.420. The lowest BCUT2D eigenvalue weighted by atomic mass is 10.1. The Labute approximate surface area is 118 Å². The van der Waals surface area contributed by atoms with Gasteiger partial charge in [0.15, 0.2) is 0 Å². The van der Waals surface area contributed by atoms with E-state index in [1.807, 2.05) is 12.1 Å². The topological polar surface area (TPSA) is 35.5 Å². The van der Waals surface area contributed by atoms with Gasteiger partial charge in [0.05, 0.1) is 18.9 Å². The minimum Gasteiger partial charge on any atom is -0.493 e. The highest BCUT2D eigenvalue weighted by Crippen LogP contribution is 2.23. The molecule has 0 fully saturated rings. The first kappa shape index (κ1) is 15.3. The highest BCUT2D eigenvalue weighted by Gasteiger charge is 2.09. The molecule has 1 rings (SSSR count). The van der Waals surface area contributed by atoms with Gasteiger partial charge in [0, 0.05) is 11.4 Å². The van der Waals surface area contributed by atoms with Gasteiger partial charge in [-0.15, -0.1) is 6.58 Å². The molecule has 0 saturated heterocycles. The summed E-state index contributed by atoms with van der Waals surface area (Å²) in [5, 5.41) is 0.670. The van der Waals surface area contributed by atoms with Gasteiger partial charge in [-0.2, -0.15) is 0 Å². The van der Waals surface area contributed by atoms with Gasteiger partial charge in [-0.1, -0.05) is 29.8 Å². The van der Waals surface area contributed by atoms with Crippen LogP contribution in [0.25, 0.3) is 0 Å². The van der Waals surface area contributed by atoms with E-state index in [4.69, 9.17) is 21.1 Å². The molecule has 0 radical (unpaired) electrons. The summed E-state index contributed by atoms with van der Waals surface area (Å²) in [5.41, 5.74) is 0.970. The smallest absolute Gasteiger partial charge is 0.333 e. The number of hydrogen-bond donors (Lipinski definition) is 0. The summed E-state index contributed by atoms with van der Waals surface area (Å²) in [6, 6.07) is 7.36. The van der Waals surface area contributed by atoms with Crippen molar-refractivity contribution in [3.63, 3.8) is 0 Å². The van der Waals surface area contributed by atoms with Crippen molar-refractivity contribution in [2.24, 2.45) is 0 Å². The third-order valence-electron chi connectivity index (χ3n) is 2.36. The molecule has 3 nitrogen and oxygen atoms in total. The van der Waals surface area contributed by atoms with Crippen LogP contribution in [0.5, 0.6) is 0 Å². The Morgan fingerprint density at radius 3 is 2.68 bits per heavy atom. The predicted molar refractivity (Wildman–Crippen MR) is 75.9 cm³/mol. The minimum absolute atomic E-state index is 0.194. The van der Waals surface area contributed by atoms with E-state index in [1.54, 1.807) is 25.1 Å². The Hall–Kier alpha value is -1.74. The zero-order chi connectivity index (χ0) is 14.1. The maximum absolute atomic E-state index is 11.1. The lowest BCUT2D eigenvalue weighted by Gasteiger charge is -2.15. The maximum atomic E-state index is 11.1. The molecule has 0 saturated carbocycles. The Morgan fingerprint density at radius 1 is 1.42 bits per heavy atom. The van der Waals surface area contributed by atoms with Crippen LogP contribution >= 0.6 is 11.6 Å². The van der Waals surface area contributed by atoms with E-state index in [9.17, 15) is 4.79 Å². The molecule has 0 bridgehead atoms. The third kappa shape index (κ3) is 5.62. The molecular weight excluding hydrogens is 264 g/mol. The molecule has 0 amide bonds. The van der Waals surface area contributed by atoms with Crippen LogP contribution in [0.3, 0.4) is 0 Å². The monoisotopic (exact) mass is 280 g/mol. The van der Waals surface area contributed by atoms with E-state index in [1.165, 1.54) is 12.3 Å². The summed E-state index contributed by atoms with van der Waals surface area (Å²) in [4.78, 5) is 11.1. The first-order chi connectivity index (χ1) is 9.17. The van der Waals surface area contributed by atoms with Crippen LogP contribution in [-0.4, -0.2) is 12.6 Å². The van der Waals surface area contributed by atoms with Crippen molar-refractivity contribution in [1.82, 2.24) is 0 Å². The quantitative estimate of drug-likeness (QED) is 0.327. The zero-order valence-corrected chi connectivity index (χ0v) is 11.6. The number of carbonyl (C=O) groups is 1. The lowest BCUT2D eigenvalue weighted by Crippen LogP contribution is -2.02. The van der Waals surface area contributed by atoms with Crippen molar-refractivity contribution in [1.29, 1.82) is 0 Å². The standard InChI is InChI=1S/C15H17ClO3/c1-3-5-14(12-6-8-13(16)9-7-12)19-11-10-15(17)18-4-2/h3,6-11,14H,1,4-5H2,2H3/b11-10+. The van der Waals surface area contributed by atoms with E-state index in [0.29, 0.717) is 18.1 Å². The van der Waals surface area contributed by atoms with E-state index in [0.717, 1.165) is 5.56 Å². The number of ether oxygens (including phenoxy) is 2. The van der Waals surface area contributed by atoms with Gasteiger partial charge in [-0.05, 0) is 24.6 Å². The van der Waals surface area contributed by atoms with E-state index >= 15 is 0 Å². The Balaban J connectivity index is 2.65. The molecule has 1 aromatic carbocycles. The van der Waals surface area contributed by atoms with E-state index in [-0.39, 0.29) is 6.10 Å². The average Bonchev–Trinajstić information content (AvgIpc) is 2.39. The number of carbonyl (C=O) groups excluding carboxylic acids is 1. The molecule has 0 aliphatic rings. The van der Waals surface area contributed by atoms with E-state index < -0.39 is 5.97 Å². The van der Waals surface area contributed by atoms with Crippen molar-refractivity contribution in [2.45, 2.75) is 19.4 Å². The second-order valence-electron chi connectivity index (χ2n) is 3.76. The van der Waals surface area contributed by atoms with Gasteiger partial charge in [0.2, 0.25) is 0 Å². The first-order valence-electron chi connectivity index (χ1n) is 6.02. The van der Waals surface area contributed by atoms with Crippen molar-refractivity contribution < 1.29 is 14.3 Å². The highest BCUT2D eigenvalue weighted by molar-refractivity contribution is 6.30. The Morgan fingerprint density at radius 2 is 2.11 bits per heavy atom. The lowest BCUT2D eigenvalue weighted by molar-refractivity contribution is -0.137. The molecule has 0 N–H and O–H groups in total. The largest absolute Gasteiger partial charge is 0.493 e. The summed E-state index contributed by atoms with van der Waals surface area (Å²) in [6.07, 6.45) is 4.81. The second kappa shape index (κ2) is 8.38. The SMILES string of the molecule is C=CCC(O/C=C/C(=O)OCC)c1ccc(Cl)cc1. The van der Waals surface area contributed by atoms with Crippen molar-refractivity contribution >= 4 is 17.6 Å². The summed E-state index contributed by atoms with van der Waals surface area (Å²) in [6.45, 7) is 5.79. The van der Waals surface area contributed by atoms with Crippen LogP contribution in [0.4, 0.5) is 0 Å². The first-order valence-corrected chi connectivity index (χ1v) is 6.40. The molecule has 0 spiro atoms. The number of halogens is 1. The molecule has 1 aromatic rings. The number of rotatable bonds is 7. The van der Waals surface area contributed by atoms with Gasteiger partial charge in [0.1, 0.15) is 6.10 Å². The Kier molecular flexibility index (Phi) is 6.75. The molecule has 4 heteroatoms. The molecule has 0 aromatic heterocycles. The maximum Gasteiger partial charge on any atom is 0.333 e. The van der Waals surface area contributed by atoms with Crippen molar-refractivity contribution in [2.75, 3.05) is 6.61 Å². The molecule has 1 atom stereocenters. The second-order valence-corrected chi connectivity index (χ2v) is 4.19. The normalized spacial score (nSPS) is 12.1. The third-order valence-corrected chi connectivity index (χ3v) is 2.61. The highest BCUT2D eigenvalue weighted by atomic mass is 35.5. The van der Waals surface area contributed by atoms with Crippen LogP contribution in [0.1, 0.15) is 25.0 Å². The molecular formula is C15H17ClO3. The average molecular weight is 281 g/mol. The van der Waals surface area contributed by atoms with Crippen LogP contribution in [0, 0.1) is 0 Å². The zero-order valence-electron chi connectivity index (χ0n) is 10.8. The van der Waals surface area contributed by atoms with Gasteiger partial charge < -0.3 is 9.47 Å². The number of esters is 1. The number of hydrogen-bond acceptors (Lipinski definition) is 3. The summed E-state index contributed by atoms with van der Waals surface area (Å²) < 4.78 is 10.3. The fourth-order valence-corrected chi connectivity index (χ4v) is 1.61. The molecule has 0 aliphatic carbocycles. The van der Waals surface area contributed by atoms with Crippen LogP contribution < -0.4 is 0 Å². The molecule has 19 heavy (non-hydrogen) atoms. The fraction of sp³-hybridized carbons (Fsp3) is 0.267. The fourth-order valence-electron chi connectivity index (χ4n) is 1.48. The predicted octanol–water partition coefficient (Wildman–Crippen LogP) is 4.05. The number of benzene rings is 1. The Bertz CT molecular complexity index is 437. The van der Waals surface area contributed by atoms with Gasteiger partial charge in [-0.25, -0.2) is 4.79 Å². The van der Waals surface area contributed by atoms with Crippen molar-refractivity contribution in [3.05, 3.63) is 59.8 Å². The molecule has 1 unspecified atom stereocenters. The van der Waals surface area contributed by atoms with Gasteiger partial charge in [0.25, 0.3) is 0 Å². The summed E-state index contributed by atoms with van der Waals surface area (Å²) >= 11 is 5.84. The molecule has 102 valence electrons. The van der Waals surface area contributed by atoms with Crippen molar-refractivity contribution in [3.8, 4) is 0 Å². The molecule has 0 aliphatic heterocycles. The summed E-state index contributed by atoms with van der Waals surface area (Å²) in [7, 11) is 0. The van der Waals surface area contributed by atoms with Gasteiger partial charge >= 0.3 is 5.97 Å². The van der Waals surface area contributed by atoms with E-state index in [2.05, 4.69) is 6.58 Å².